The number of amides is 2. The van der Waals surface area contributed by atoms with Crippen molar-refractivity contribution < 1.29 is 28.2 Å². The lowest BCUT2D eigenvalue weighted by Crippen LogP contribution is -2.23. The van der Waals surface area contributed by atoms with Crippen LogP contribution in [0.1, 0.15) is 10.4 Å². The largest absolute Gasteiger partial charge is 0.483 e. The zero-order valence-electron chi connectivity index (χ0n) is 17.7. The van der Waals surface area contributed by atoms with E-state index in [1.807, 2.05) is 18.4 Å². The lowest BCUT2D eigenvalue weighted by atomic mass is 10.2. The Bertz CT molecular complexity index is 1150. The number of nitrogens with one attached hydrogen (secondary N) is 2. The molecule has 2 amide bonds. The molecule has 0 unspecified atom stereocenters. The van der Waals surface area contributed by atoms with Gasteiger partial charge < -0.3 is 20.1 Å². The lowest BCUT2D eigenvalue weighted by molar-refractivity contribution is -0.119. The highest BCUT2D eigenvalue weighted by molar-refractivity contribution is 7.98. The van der Waals surface area contributed by atoms with Crippen molar-refractivity contribution >= 4 is 40.9 Å². The third kappa shape index (κ3) is 7.08. The van der Waals surface area contributed by atoms with Crippen molar-refractivity contribution in [1.82, 2.24) is 0 Å². The van der Waals surface area contributed by atoms with Crippen molar-refractivity contribution in [3.05, 3.63) is 84.2 Å². The molecule has 0 fully saturated rings. The van der Waals surface area contributed by atoms with Crippen LogP contribution in [0.3, 0.4) is 0 Å². The van der Waals surface area contributed by atoms with Crippen LogP contribution in [0, 0.1) is 5.82 Å². The summed E-state index contributed by atoms with van der Waals surface area (Å²) in [5, 5.41) is 5.05. The van der Waals surface area contributed by atoms with Gasteiger partial charge in [0.15, 0.2) is 13.2 Å². The van der Waals surface area contributed by atoms with Gasteiger partial charge in [-0.15, -0.1) is 11.8 Å². The van der Waals surface area contributed by atoms with E-state index in [1.54, 1.807) is 30.3 Å². The number of carbonyl (C=O) groups is 3. The van der Waals surface area contributed by atoms with Crippen LogP contribution in [0.5, 0.6) is 5.75 Å². The molecule has 0 saturated carbocycles. The highest BCUT2D eigenvalue weighted by atomic mass is 32.2. The summed E-state index contributed by atoms with van der Waals surface area (Å²) in [4.78, 5) is 37.7. The summed E-state index contributed by atoms with van der Waals surface area (Å²) in [7, 11) is 0. The van der Waals surface area contributed by atoms with Gasteiger partial charge in [-0.2, -0.15) is 0 Å². The van der Waals surface area contributed by atoms with Gasteiger partial charge in [-0.05, 0) is 48.7 Å². The van der Waals surface area contributed by atoms with E-state index in [4.69, 9.17) is 9.47 Å². The first kappa shape index (κ1) is 23.8. The Morgan fingerprint density at radius 3 is 2.39 bits per heavy atom. The average molecular weight is 469 g/mol. The molecule has 3 aromatic carbocycles. The summed E-state index contributed by atoms with van der Waals surface area (Å²) >= 11 is 1.54. The van der Waals surface area contributed by atoms with Crippen LogP contribution in [0.15, 0.2) is 77.7 Å². The van der Waals surface area contributed by atoms with Crippen LogP contribution < -0.4 is 15.4 Å². The molecule has 170 valence electrons. The summed E-state index contributed by atoms with van der Waals surface area (Å²) in [5.74, 6) is -2.36. The maximum Gasteiger partial charge on any atom is 0.342 e. The highest BCUT2D eigenvalue weighted by Crippen LogP contribution is 2.21. The monoisotopic (exact) mass is 468 g/mol. The third-order valence-corrected chi connectivity index (χ3v) is 5.03. The Morgan fingerprint density at radius 2 is 1.61 bits per heavy atom. The molecule has 0 aliphatic heterocycles. The quantitative estimate of drug-likeness (QED) is 0.358. The molecule has 0 heterocycles. The van der Waals surface area contributed by atoms with E-state index in [1.165, 1.54) is 42.1 Å². The molecule has 7 nitrogen and oxygen atoms in total. The third-order valence-electron chi connectivity index (χ3n) is 4.30. The molecule has 3 aromatic rings. The molecule has 0 aromatic heterocycles. The van der Waals surface area contributed by atoms with Crippen molar-refractivity contribution in [2.75, 3.05) is 30.1 Å². The average Bonchev–Trinajstić information content (AvgIpc) is 2.83. The number of hydrogen-bond donors (Lipinski definition) is 2. The fourth-order valence-electron chi connectivity index (χ4n) is 2.76. The number of benzene rings is 3. The van der Waals surface area contributed by atoms with Crippen LogP contribution >= 0.6 is 11.8 Å². The molecule has 0 atom stereocenters. The van der Waals surface area contributed by atoms with Crippen molar-refractivity contribution in [3.8, 4) is 5.75 Å². The smallest absolute Gasteiger partial charge is 0.342 e. The molecule has 2 N–H and O–H groups in total. The Balaban J connectivity index is 1.54. The van der Waals surface area contributed by atoms with Crippen molar-refractivity contribution in [1.29, 1.82) is 0 Å². The van der Waals surface area contributed by atoms with Gasteiger partial charge in [-0.25, -0.2) is 9.18 Å². The van der Waals surface area contributed by atoms with Gasteiger partial charge in [0.2, 0.25) is 0 Å². The Morgan fingerprint density at radius 1 is 0.879 bits per heavy atom. The molecule has 3 rings (SSSR count). The molecular weight excluding hydrogens is 447 g/mol. The number of rotatable bonds is 9. The number of hydrogen-bond acceptors (Lipinski definition) is 6. The van der Waals surface area contributed by atoms with Crippen LogP contribution in [-0.4, -0.2) is 37.3 Å². The zero-order valence-corrected chi connectivity index (χ0v) is 18.5. The van der Waals surface area contributed by atoms with Crippen molar-refractivity contribution in [2.45, 2.75) is 4.90 Å². The molecule has 0 aliphatic rings. The maximum absolute atomic E-state index is 13.7. The Labute approximate surface area is 194 Å². The topological polar surface area (TPSA) is 93.7 Å². The van der Waals surface area contributed by atoms with E-state index in [2.05, 4.69) is 10.6 Å². The van der Waals surface area contributed by atoms with Gasteiger partial charge >= 0.3 is 5.97 Å². The number of ether oxygens (including phenoxy) is 2. The number of thioether (sulfide) groups is 1. The first-order valence-corrected chi connectivity index (χ1v) is 11.1. The Kier molecular flexibility index (Phi) is 8.43. The molecule has 0 saturated heterocycles. The van der Waals surface area contributed by atoms with Crippen LogP contribution in [0.25, 0.3) is 0 Å². The van der Waals surface area contributed by atoms with E-state index in [-0.39, 0.29) is 17.0 Å². The number of para-hydroxylation sites is 2. The first-order valence-electron chi connectivity index (χ1n) is 9.83. The number of carbonyl (C=O) groups excluding carboxylic acids is 3. The molecule has 9 heteroatoms. The Hall–Kier alpha value is -3.85. The van der Waals surface area contributed by atoms with Gasteiger partial charge in [0.05, 0.1) is 5.69 Å². The SMILES string of the molecule is CSc1cccc(NC(=O)COC(=O)c2ccccc2OCC(=O)Nc2ccccc2F)c1. The molecule has 0 radical (unpaired) electrons. The summed E-state index contributed by atoms with van der Waals surface area (Å²) in [6.45, 7) is -0.949. The minimum atomic E-state index is -0.784. The number of esters is 1. The molecule has 0 aliphatic carbocycles. The minimum Gasteiger partial charge on any atom is -0.483 e. The fraction of sp³-hybridized carbons (Fsp3) is 0.125. The van der Waals surface area contributed by atoms with E-state index in [0.717, 1.165) is 4.90 Å². The summed E-state index contributed by atoms with van der Waals surface area (Å²) in [6, 6.07) is 19.1. The molecule has 33 heavy (non-hydrogen) atoms. The normalized spacial score (nSPS) is 10.2. The van der Waals surface area contributed by atoms with Gasteiger partial charge in [0, 0.05) is 10.6 Å². The van der Waals surface area contributed by atoms with Gasteiger partial charge in [0.1, 0.15) is 17.1 Å². The number of anilines is 2. The van der Waals surface area contributed by atoms with E-state index >= 15 is 0 Å². The van der Waals surface area contributed by atoms with E-state index in [9.17, 15) is 18.8 Å². The maximum atomic E-state index is 13.7. The summed E-state index contributed by atoms with van der Waals surface area (Å²) < 4.78 is 24.2. The predicted octanol–water partition coefficient (Wildman–Crippen LogP) is 4.36. The first-order chi connectivity index (χ1) is 16.0. The summed E-state index contributed by atoms with van der Waals surface area (Å²) in [6.07, 6.45) is 1.92. The molecule has 0 spiro atoms. The van der Waals surface area contributed by atoms with Crippen LogP contribution in [0.2, 0.25) is 0 Å². The molecular formula is C24H21FN2O5S. The van der Waals surface area contributed by atoms with E-state index < -0.39 is 36.8 Å². The number of halogens is 1. The second kappa shape index (κ2) is 11.7. The van der Waals surface area contributed by atoms with Crippen LogP contribution in [-0.2, 0) is 14.3 Å². The van der Waals surface area contributed by atoms with E-state index in [0.29, 0.717) is 5.69 Å². The predicted molar refractivity (Wildman–Crippen MR) is 124 cm³/mol. The minimum absolute atomic E-state index is 0.0212. The second-order valence-electron chi connectivity index (χ2n) is 6.67. The zero-order chi connectivity index (χ0) is 23.6. The van der Waals surface area contributed by atoms with Gasteiger partial charge in [-0.3, -0.25) is 9.59 Å². The fourth-order valence-corrected chi connectivity index (χ4v) is 3.22. The highest BCUT2D eigenvalue weighted by Gasteiger charge is 2.17. The van der Waals surface area contributed by atoms with Crippen molar-refractivity contribution in [3.63, 3.8) is 0 Å². The van der Waals surface area contributed by atoms with Crippen LogP contribution in [0.4, 0.5) is 15.8 Å². The van der Waals surface area contributed by atoms with Gasteiger partial charge in [-0.1, -0.05) is 30.3 Å². The summed E-state index contributed by atoms with van der Waals surface area (Å²) in [5.41, 5.74) is 0.661. The lowest BCUT2D eigenvalue weighted by Gasteiger charge is -2.12. The molecule has 0 bridgehead atoms. The second-order valence-corrected chi connectivity index (χ2v) is 7.55. The van der Waals surface area contributed by atoms with Gasteiger partial charge in [0.25, 0.3) is 11.8 Å². The standard InChI is InChI=1S/C24H21FN2O5S/c1-33-17-8-6-7-16(13-17)26-22(28)15-32-24(30)18-9-2-5-12-21(18)31-14-23(29)27-20-11-4-3-10-19(20)25/h2-13H,14-15H2,1H3,(H,26,28)(H,27,29). The van der Waals surface area contributed by atoms with Crippen molar-refractivity contribution in [2.24, 2.45) is 0 Å².